The van der Waals surface area contributed by atoms with E-state index in [0.29, 0.717) is 23.5 Å². The van der Waals surface area contributed by atoms with E-state index in [1.165, 1.54) is 11.1 Å². The third-order valence-electron chi connectivity index (χ3n) is 6.68. The van der Waals surface area contributed by atoms with Crippen LogP contribution in [0.1, 0.15) is 49.7 Å². The molecule has 2 saturated carbocycles. The van der Waals surface area contributed by atoms with Crippen molar-refractivity contribution in [3.63, 3.8) is 0 Å². The van der Waals surface area contributed by atoms with Crippen LogP contribution in [0.3, 0.4) is 0 Å². The lowest BCUT2D eigenvalue weighted by molar-refractivity contribution is -0.0505. The van der Waals surface area contributed by atoms with Crippen LogP contribution in [0.2, 0.25) is 0 Å². The number of aliphatic hydroxyl groups is 2. The van der Waals surface area contributed by atoms with Gasteiger partial charge in [-0.05, 0) is 78.5 Å². The van der Waals surface area contributed by atoms with E-state index in [1.807, 2.05) is 6.07 Å². The molecule has 0 spiro atoms. The summed E-state index contributed by atoms with van der Waals surface area (Å²) in [4.78, 5) is 0. The first-order chi connectivity index (χ1) is 10.0. The molecular weight excluding hydrogens is 267 g/mol. The molecule has 3 aliphatic rings. The Balaban J connectivity index is 1.71. The van der Waals surface area contributed by atoms with Crippen LogP contribution in [-0.4, -0.2) is 27.5 Å². The Labute approximate surface area is 125 Å². The molecule has 0 amide bonds. The van der Waals surface area contributed by atoms with Crippen molar-refractivity contribution < 1.29 is 15.3 Å². The van der Waals surface area contributed by atoms with Gasteiger partial charge in [-0.1, -0.05) is 13.0 Å². The van der Waals surface area contributed by atoms with E-state index in [4.69, 9.17) is 0 Å². The van der Waals surface area contributed by atoms with Crippen molar-refractivity contribution in [3.05, 3.63) is 29.3 Å². The van der Waals surface area contributed by atoms with Gasteiger partial charge in [0.15, 0.2) is 0 Å². The van der Waals surface area contributed by atoms with Gasteiger partial charge in [-0.3, -0.25) is 0 Å². The molecule has 0 aromatic heterocycles. The molecule has 114 valence electrons. The van der Waals surface area contributed by atoms with Gasteiger partial charge in [-0.25, -0.2) is 0 Å². The molecule has 0 radical (unpaired) electrons. The summed E-state index contributed by atoms with van der Waals surface area (Å²) in [6.07, 6.45) is 3.80. The summed E-state index contributed by atoms with van der Waals surface area (Å²) in [7, 11) is 0. The van der Waals surface area contributed by atoms with Gasteiger partial charge in [-0.2, -0.15) is 0 Å². The van der Waals surface area contributed by atoms with Crippen molar-refractivity contribution in [3.8, 4) is 5.75 Å². The average Bonchev–Trinajstić information content (AvgIpc) is 2.70. The van der Waals surface area contributed by atoms with Crippen molar-refractivity contribution in [2.24, 2.45) is 17.3 Å². The SMILES string of the molecule is C[C@]12CC[C@@H]3c4c[13cH][13c](O)[13cH]c4CC[C@H]3[C@@H]1C[C@@H](O)[C@@H]2O. The summed E-state index contributed by atoms with van der Waals surface area (Å²) < 4.78 is 0. The Hall–Kier alpha value is -1.06. The van der Waals surface area contributed by atoms with E-state index in [1.54, 1.807) is 6.07 Å². The highest BCUT2D eigenvalue weighted by atomic mass is 16.3. The monoisotopic (exact) mass is 291 g/mol. The number of aliphatic hydroxyl groups excluding tert-OH is 2. The maximum atomic E-state index is 10.4. The number of rotatable bonds is 0. The number of hydrogen-bond acceptors (Lipinski definition) is 3. The number of benzene rings is 1. The molecule has 2 fully saturated rings. The molecule has 21 heavy (non-hydrogen) atoms. The molecule has 4 rings (SSSR count). The van der Waals surface area contributed by atoms with Gasteiger partial charge in [0, 0.05) is 0 Å². The first kappa shape index (κ1) is 13.6. The van der Waals surface area contributed by atoms with Crippen LogP contribution in [0.15, 0.2) is 18.2 Å². The van der Waals surface area contributed by atoms with Gasteiger partial charge in [0.25, 0.3) is 0 Å². The Morgan fingerprint density at radius 1 is 1.19 bits per heavy atom. The van der Waals surface area contributed by atoms with Crippen molar-refractivity contribution >= 4 is 0 Å². The maximum absolute atomic E-state index is 10.4. The summed E-state index contributed by atoms with van der Waals surface area (Å²) >= 11 is 0. The number of aryl methyl sites for hydroxylation is 1. The fraction of sp³-hybridized carbons (Fsp3) is 0.667. The lowest BCUT2D eigenvalue weighted by Crippen LogP contribution is -2.44. The van der Waals surface area contributed by atoms with Gasteiger partial charge in [0.05, 0.1) is 12.2 Å². The van der Waals surface area contributed by atoms with Gasteiger partial charge < -0.3 is 15.3 Å². The Kier molecular flexibility index (Phi) is 2.89. The molecule has 3 nitrogen and oxygen atoms in total. The second-order valence-electron chi connectivity index (χ2n) is 7.59. The molecule has 6 atom stereocenters. The van der Waals surface area contributed by atoms with Crippen molar-refractivity contribution in [1.29, 1.82) is 0 Å². The zero-order valence-electron chi connectivity index (χ0n) is 12.5. The Morgan fingerprint density at radius 3 is 2.81 bits per heavy atom. The van der Waals surface area contributed by atoms with Gasteiger partial charge >= 0.3 is 0 Å². The number of aromatic hydroxyl groups is 1. The standard InChI is InChI=1S/C18H24O3/c1-18-7-6-13-12-5-3-11(19)8-10(12)2-4-14(13)15(18)9-16(20)17(18)21/h3,5,8,13-17,19-21H,2,4,6-7,9H2,1H3/t13-,14-,15+,16-,17+,18+/m1/s1/i3+1,8+1,11+1. The highest BCUT2D eigenvalue weighted by Crippen LogP contribution is 2.60. The first-order valence-electron chi connectivity index (χ1n) is 8.18. The van der Waals surface area contributed by atoms with Crippen LogP contribution in [0.5, 0.6) is 5.75 Å². The summed E-state index contributed by atoms with van der Waals surface area (Å²) in [5, 5.41) is 30.2. The second-order valence-corrected chi connectivity index (χ2v) is 7.59. The van der Waals surface area contributed by atoms with Crippen molar-refractivity contribution in [2.75, 3.05) is 0 Å². The molecule has 0 bridgehead atoms. The zero-order chi connectivity index (χ0) is 14.8. The fourth-order valence-corrected chi connectivity index (χ4v) is 5.56. The molecular formula is C18H24O3. The number of phenols is 1. The van der Waals surface area contributed by atoms with Crippen LogP contribution in [0.25, 0.3) is 0 Å². The van der Waals surface area contributed by atoms with Gasteiger partial charge in [0.2, 0.25) is 0 Å². The molecule has 1 aromatic rings. The third kappa shape index (κ3) is 1.80. The highest BCUT2D eigenvalue weighted by molar-refractivity contribution is 5.40. The minimum Gasteiger partial charge on any atom is -0.508 e. The predicted molar refractivity (Wildman–Crippen MR) is 80.1 cm³/mol. The van der Waals surface area contributed by atoms with E-state index in [9.17, 15) is 15.3 Å². The van der Waals surface area contributed by atoms with Crippen LogP contribution >= 0.6 is 0 Å². The molecule has 3 heteroatoms. The fourth-order valence-electron chi connectivity index (χ4n) is 5.56. The summed E-state index contributed by atoms with van der Waals surface area (Å²) in [6.45, 7) is 2.17. The van der Waals surface area contributed by atoms with Crippen LogP contribution in [0.4, 0.5) is 0 Å². The van der Waals surface area contributed by atoms with Crippen molar-refractivity contribution in [1.82, 2.24) is 0 Å². The largest absolute Gasteiger partial charge is 0.508 e. The second kappa shape index (κ2) is 4.47. The van der Waals surface area contributed by atoms with Gasteiger partial charge in [0.1, 0.15) is 5.75 Å². The quantitative estimate of drug-likeness (QED) is 0.688. The smallest absolute Gasteiger partial charge is 0.115 e. The average molecular weight is 291 g/mol. The van der Waals surface area contributed by atoms with Crippen LogP contribution < -0.4 is 0 Å². The van der Waals surface area contributed by atoms with E-state index >= 15 is 0 Å². The molecule has 3 aliphatic carbocycles. The topological polar surface area (TPSA) is 60.7 Å². The third-order valence-corrected chi connectivity index (χ3v) is 6.68. The molecule has 0 aliphatic heterocycles. The van der Waals surface area contributed by atoms with E-state index in [2.05, 4.69) is 13.0 Å². The first-order valence-corrected chi connectivity index (χ1v) is 8.18. The maximum Gasteiger partial charge on any atom is 0.115 e. The van der Waals surface area contributed by atoms with Gasteiger partial charge in [-0.15, -0.1) is 0 Å². The van der Waals surface area contributed by atoms with Crippen molar-refractivity contribution in [2.45, 2.75) is 57.2 Å². The van der Waals surface area contributed by atoms with E-state index in [-0.39, 0.29) is 5.41 Å². The number of hydrogen-bond donors (Lipinski definition) is 3. The zero-order valence-corrected chi connectivity index (χ0v) is 12.5. The normalized spacial score (nSPS) is 44.8. The molecule has 0 saturated heterocycles. The number of fused-ring (bicyclic) bond motifs is 5. The summed E-state index contributed by atoms with van der Waals surface area (Å²) in [6, 6.07) is 5.80. The molecule has 3 N–H and O–H groups in total. The predicted octanol–water partition coefficient (Wildman–Crippen LogP) is 2.58. The summed E-state index contributed by atoms with van der Waals surface area (Å²) in [5.41, 5.74) is 2.57. The van der Waals surface area contributed by atoms with E-state index < -0.39 is 12.2 Å². The Morgan fingerprint density at radius 2 is 2.00 bits per heavy atom. The minimum absolute atomic E-state index is 0.116. The number of phenolic OH excluding ortho intramolecular Hbond substituents is 1. The van der Waals surface area contributed by atoms with E-state index in [0.717, 1.165) is 32.1 Å². The molecule has 0 heterocycles. The summed E-state index contributed by atoms with van der Waals surface area (Å²) in [5.74, 6) is 1.88. The molecule has 0 unspecified atom stereocenters. The lowest BCUT2D eigenvalue weighted by atomic mass is 9.56. The minimum atomic E-state index is -0.565. The lowest BCUT2D eigenvalue weighted by Gasteiger charge is -2.49. The molecule has 1 aromatic carbocycles. The van der Waals surface area contributed by atoms with Crippen LogP contribution in [-0.2, 0) is 6.42 Å². The highest BCUT2D eigenvalue weighted by Gasteiger charge is 2.57. The van der Waals surface area contributed by atoms with Crippen LogP contribution in [0, 0.1) is 17.3 Å². The Bertz CT molecular complexity index is 570.